The van der Waals surface area contributed by atoms with Crippen LogP contribution in [0.25, 0.3) is 0 Å². The molecule has 0 spiro atoms. The van der Waals surface area contributed by atoms with E-state index in [1.165, 1.54) is 22.8 Å². The van der Waals surface area contributed by atoms with Gasteiger partial charge in [-0.05, 0) is 97.9 Å². The summed E-state index contributed by atoms with van der Waals surface area (Å²) in [4.78, 5) is 16.6. The normalized spacial score (nSPS) is 14.9. The zero-order chi connectivity index (χ0) is 24.9. The molecular formula is C29H32ClFN2OS. The average molecular weight is 511 g/mol. The molecule has 1 fully saturated rings. The van der Waals surface area contributed by atoms with Crippen LogP contribution in [0.1, 0.15) is 49.3 Å². The fourth-order valence-corrected chi connectivity index (χ4v) is 5.55. The van der Waals surface area contributed by atoms with Crippen LogP contribution < -0.4 is 5.32 Å². The van der Waals surface area contributed by atoms with Crippen LogP contribution in [-0.4, -0.2) is 23.9 Å². The van der Waals surface area contributed by atoms with Crippen LogP contribution in [0.3, 0.4) is 0 Å². The molecule has 0 saturated carbocycles. The summed E-state index contributed by atoms with van der Waals surface area (Å²) >= 11 is 7.48. The molecule has 1 saturated heterocycles. The third-order valence-electron chi connectivity index (χ3n) is 6.55. The molecule has 1 amide bonds. The summed E-state index contributed by atoms with van der Waals surface area (Å²) in [5.74, 6) is 0.150. The van der Waals surface area contributed by atoms with Crippen LogP contribution >= 0.6 is 23.4 Å². The van der Waals surface area contributed by atoms with Crippen LogP contribution in [0.2, 0.25) is 5.02 Å². The van der Waals surface area contributed by atoms with Gasteiger partial charge in [-0.3, -0.25) is 9.69 Å². The highest BCUT2D eigenvalue weighted by Crippen LogP contribution is 2.33. The number of hydrogen-bond acceptors (Lipinski definition) is 3. The number of nitrogens with one attached hydrogen (secondary N) is 1. The first-order valence-corrected chi connectivity index (χ1v) is 13.3. The minimum atomic E-state index is -0.393. The van der Waals surface area contributed by atoms with Crippen LogP contribution in [0, 0.1) is 18.7 Å². The Morgan fingerprint density at radius 1 is 1.06 bits per heavy atom. The van der Waals surface area contributed by atoms with E-state index in [1.807, 2.05) is 19.9 Å². The lowest BCUT2D eigenvalue weighted by atomic mass is 9.86. The number of halogens is 2. The van der Waals surface area contributed by atoms with E-state index in [-0.39, 0.29) is 16.8 Å². The Hall–Kier alpha value is -2.34. The van der Waals surface area contributed by atoms with Crippen molar-refractivity contribution in [2.24, 2.45) is 5.92 Å². The third kappa shape index (κ3) is 6.87. The Bertz CT molecular complexity index is 1170. The molecule has 1 aliphatic heterocycles. The molecule has 6 heteroatoms. The van der Waals surface area contributed by atoms with Gasteiger partial charge in [0.2, 0.25) is 5.91 Å². The number of amides is 1. The van der Waals surface area contributed by atoms with Crippen molar-refractivity contribution in [1.82, 2.24) is 4.90 Å². The largest absolute Gasteiger partial charge is 0.326 e. The zero-order valence-corrected chi connectivity index (χ0v) is 22.1. The van der Waals surface area contributed by atoms with Gasteiger partial charge in [-0.2, -0.15) is 0 Å². The van der Waals surface area contributed by atoms with Crippen LogP contribution in [-0.2, 0) is 11.3 Å². The second-order valence-corrected chi connectivity index (χ2v) is 11.1. The minimum Gasteiger partial charge on any atom is -0.326 e. The van der Waals surface area contributed by atoms with E-state index >= 15 is 0 Å². The Morgan fingerprint density at radius 3 is 2.40 bits per heavy atom. The Kier molecular flexibility index (Phi) is 8.53. The number of aryl methyl sites for hydroxylation is 1. The quantitative estimate of drug-likeness (QED) is 0.350. The minimum absolute atomic E-state index is 0.0305. The Labute approximate surface area is 217 Å². The fraction of sp³-hybridized carbons (Fsp3) is 0.345. The number of piperidine rings is 1. The van der Waals surface area contributed by atoms with Crippen molar-refractivity contribution in [2.45, 2.75) is 55.9 Å². The van der Waals surface area contributed by atoms with Gasteiger partial charge in [0.25, 0.3) is 0 Å². The molecular weight excluding hydrogens is 479 g/mol. The highest BCUT2D eigenvalue weighted by molar-refractivity contribution is 7.99. The molecule has 3 aromatic carbocycles. The summed E-state index contributed by atoms with van der Waals surface area (Å²) in [5.41, 5.74) is 4.84. The van der Waals surface area contributed by atoms with E-state index in [0.29, 0.717) is 5.92 Å². The van der Waals surface area contributed by atoms with Crippen molar-refractivity contribution in [3.8, 4) is 0 Å². The maximum absolute atomic E-state index is 13.4. The number of rotatable bonds is 7. The number of carbonyl (C=O) groups is 1. The van der Waals surface area contributed by atoms with Crippen molar-refractivity contribution in [3.05, 3.63) is 88.2 Å². The number of benzene rings is 3. The Balaban J connectivity index is 1.31. The highest BCUT2D eigenvalue weighted by atomic mass is 35.5. The van der Waals surface area contributed by atoms with Crippen LogP contribution in [0.5, 0.6) is 0 Å². The number of anilines is 1. The van der Waals surface area contributed by atoms with Crippen LogP contribution in [0.15, 0.2) is 70.5 Å². The molecule has 35 heavy (non-hydrogen) atoms. The summed E-state index contributed by atoms with van der Waals surface area (Å²) < 4.78 is 13.4. The van der Waals surface area contributed by atoms with Gasteiger partial charge in [0.05, 0.1) is 5.02 Å². The summed E-state index contributed by atoms with van der Waals surface area (Å²) in [6, 6.07) is 19.7. The van der Waals surface area contributed by atoms with E-state index < -0.39 is 5.82 Å². The lowest BCUT2D eigenvalue weighted by Gasteiger charge is -2.33. The molecule has 3 aromatic rings. The molecule has 3 nitrogen and oxygen atoms in total. The van der Waals surface area contributed by atoms with E-state index in [1.54, 1.807) is 23.9 Å². The molecule has 0 aromatic heterocycles. The van der Waals surface area contributed by atoms with Gasteiger partial charge in [-0.15, -0.1) is 0 Å². The molecule has 4 rings (SSSR count). The third-order valence-corrected chi connectivity index (χ3v) is 7.84. The van der Waals surface area contributed by atoms with Crippen molar-refractivity contribution < 1.29 is 9.18 Å². The first kappa shape index (κ1) is 25.7. The van der Waals surface area contributed by atoms with E-state index in [4.69, 9.17) is 11.6 Å². The molecule has 0 unspecified atom stereocenters. The first-order valence-electron chi connectivity index (χ1n) is 12.1. The molecule has 0 atom stereocenters. The summed E-state index contributed by atoms with van der Waals surface area (Å²) in [7, 11) is 0. The number of hydrogen-bond donors (Lipinski definition) is 1. The standard InChI is InChI=1S/C29H32ClFN2OS/c1-19(2)29(34)32-23-7-4-20(3)26(16-23)22-12-14-33(15-13-22)18-21-5-8-24(9-6-21)35-25-10-11-28(31)27(30)17-25/h4-11,16-17,19,22H,12-15,18H2,1-3H3,(H,32,34). The number of nitrogens with zero attached hydrogens (tertiary/aromatic N) is 1. The SMILES string of the molecule is Cc1ccc(NC(=O)C(C)C)cc1C1CCN(Cc2ccc(Sc3ccc(F)c(Cl)c3)cc2)CC1. The van der Waals surface area contributed by atoms with E-state index in [9.17, 15) is 9.18 Å². The fourth-order valence-electron chi connectivity index (χ4n) is 4.44. The zero-order valence-electron chi connectivity index (χ0n) is 20.5. The lowest BCUT2D eigenvalue weighted by molar-refractivity contribution is -0.118. The molecule has 0 radical (unpaired) electrons. The van der Waals surface area contributed by atoms with E-state index in [0.717, 1.165) is 48.0 Å². The Morgan fingerprint density at radius 2 is 1.74 bits per heavy atom. The van der Waals surface area contributed by atoms with Crippen molar-refractivity contribution in [1.29, 1.82) is 0 Å². The predicted molar refractivity (Wildman–Crippen MR) is 144 cm³/mol. The van der Waals surface area contributed by atoms with Gasteiger partial charge >= 0.3 is 0 Å². The monoisotopic (exact) mass is 510 g/mol. The number of likely N-dealkylation sites (tertiary alicyclic amines) is 1. The lowest BCUT2D eigenvalue weighted by Crippen LogP contribution is -2.32. The number of carbonyl (C=O) groups excluding carboxylic acids is 1. The highest BCUT2D eigenvalue weighted by Gasteiger charge is 2.22. The van der Waals surface area contributed by atoms with Gasteiger partial charge in [-0.25, -0.2) is 4.39 Å². The van der Waals surface area contributed by atoms with Gasteiger partial charge in [0, 0.05) is 27.9 Å². The maximum Gasteiger partial charge on any atom is 0.226 e. The van der Waals surface area contributed by atoms with Crippen LogP contribution in [0.4, 0.5) is 10.1 Å². The average Bonchev–Trinajstić information content (AvgIpc) is 2.84. The second-order valence-electron chi connectivity index (χ2n) is 9.59. The van der Waals surface area contributed by atoms with Crippen molar-refractivity contribution in [3.63, 3.8) is 0 Å². The summed E-state index contributed by atoms with van der Waals surface area (Å²) in [5, 5.41) is 3.19. The van der Waals surface area contributed by atoms with Crippen molar-refractivity contribution >= 4 is 35.0 Å². The molecule has 0 aliphatic carbocycles. The summed E-state index contributed by atoms with van der Waals surface area (Å²) in [6.07, 6.45) is 2.23. The molecule has 1 N–H and O–H groups in total. The maximum atomic E-state index is 13.4. The predicted octanol–water partition coefficient (Wildman–Crippen LogP) is 7.91. The van der Waals surface area contributed by atoms with Gasteiger partial charge in [0.1, 0.15) is 5.82 Å². The molecule has 1 heterocycles. The van der Waals surface area contributed by atoms with Gasteiger partial charge < -0.3 is 5.32 Å². The smallest absolute Gasteiger partial charge is 0.226 e. The van der Waals surface area contributed by atoms with E-state index in [2.05, 4.69) is 53.5 Å². The molecule has 0 bridgehead atoms. The van der Waals surface area contributed by atoms with Gasteiger partial charge in [0.15, 0.2) is 0 Å². The van der Waals surface area contributed by atoms with Gasteiger partial charge in [-0.1, -0.05) is 55.4 Å². The summed E-state index contributed by atoms with van der Waals surface area (Å²) in [6.45, 7) is 9.02. The second kappa shape index (κ2) is 11.6. The van der Waals surface area contributed by atoms with Crippen molar-refractivity contribution in [2.75, 3.05) is 18.4 Å². The molecule has 1 aliphatic rings. The topological polar surface area (TPSA) is 32.3 Å². The molecule has 184 valence electrons. The first-order chi connectivity index (χ1) is 16.8.